The summed E-state index contributed by atoms with van der Waals surface area (Å²) >= 11 is 0. The molecule has 0 aliphatic carbocycles. The van der Waals surface area contributed by atoms with E-state index in [1.54, 1.807) is 36.4 Å². The van der Waals surface area contributed by atoms with E-state index in [4.69, 9.17) is 4.42 Å². The summed E-state index contributed by atoms with van der Waals surface area (Å²) in [4.78, 5) is 24.1. The molecule has 2 aromatic rings. The fourth-order valence-corrected chi connectivity index (χ4v) is 2.11. The van der Waals surface area contributed by atoms with Crippen LogP contribution in [0.4, 0.5) is 5.69 Å². The Morgan fingerprint density at radius 2 is 1.96 bits per heavy atom. The number of carbonyl (C=O) groups excluding carboxylic acids is 2. The molecule has 3 N–H and O–H groups in total. The quantitative estimate of drug-likeness (QED) is 0.728. The lowest BCUT2D eigenvalue weighted by atomic mass is 10.0. The number of benzene rings is 1. The van der Waals surface area contributed by atoms with Crippen LogP contribution in [0, 0.1) is 5.92 Å². The van der Waals surface area contributed by atoms with E-state index in [-0.39, 0.29) is 23.5 Å². The number of nitrogens with one attached hydrogen (secondary N) is 2. The van der Waals surface area contributed by atoms with E-state index in [9.17, 15) is 14.7 Å². The lowest BCUT2D eigenvalue weighted by molar-refractivity contribution is 0.0918. The SMILES string of the molecule is CC(C)C(O)CCNC(=O)c1cccc(NC(=O)c2ccco2)c1. The Balaban J connectivity index is 1.92. The number of furan rings is 1. The molecule has 0 spiro atoms. The first-order chi connectivity index (χ1) is 11.5. The van der Waals surface area contributed by atoms with Gasteiger partial charge in [-0.05, 0) is 42.7 Å². The minimum Gasteiger partial charge on any atom is -0.459 e. The van der Waals surface area contributed by atoms with E-state index in [1.807, 2.05) is 13.8 Å². The van der Waals surface area contributed by atoms with E-state index in [0.717, 1.165) is 0 Å². The summed E-state index contributed by atoms with van der Waals surface area (Å²) < 4.78 is 5.02. The van der Waals surface area contributed by atoms with Crippen LogP contribution in [0.3, 0.4) is 0 Å². The normalized spacial score (nSPS) is 12.0. The number of amides is 2. The maximum Gasteiger partial charge on any atom is 0.291 e. The Bertz CT molecular complexity index is 680. The van der Waals surface area contributed by atoms with Crippen molar-refractivity contribution in [3.63, 3.8) is 0 Å². The van der Waals surface area contributed by atoms with Gasteiger partial charge >= 0.3 is 0 Å². The molecule has 0 saturated heterocycles. The average Bonchev–Trinajstić information content (AvgIpc) is 3.09. The Morgan fingerprint density at radius 3 is 2.62 bits per heavy atom. The van der Waals surface area contributed by atoms with Crippen molar-refractivity contribution in [2.24, 2.45) is 5.92 Å². The molecule has 1 unspecified atom stereocenters. The first kappa shape index (κ1) is 17.7. The van der Waals surface area contributed by atoms with Gasteiger partial charge in [-0.25, -0.2) is 0 Å². The first-order valence-corrected chi connectivity index (χ1v) is 7.88. The number of carbonyl (C=O) groups is 2. The zero-order chi connectivity index (χ0) is 17.5. The van der Waals surface area contributed by atoms with Crippen molar-refractivity contribution < 1.29 is 19.1 Å². The minimum absolute atomic E-state index is 0.155. The number of hydrogen-bond acceptors (Lipinski definition) is 4. The van der Waals surface area contributed by atoms with Gasteiger partial charge in [-0.2, -0.15) is 0 Å². The van der Waals surface area contributed by atoms with Crippen molar-refractivity contribution >= 4 is 17.5 Å². The number of rotatable bonds is 7. The van der Waals surface area contributed by atoms with Crippen LogP contribution in [0.1, 0.15) is 41.2 Å². The maximum absolute atomic E-state index is 12.1. The summed E-state index contributed by atoms with van der Waals surface area (Å²) in [7, 11) is 0. The molecular formula is C18H22N2O4. The standard InChI is InChI=1S/C18H22N2O4/c1-12(2)15(21)8-9-19-17(22)13-5-3-6-14(11-13)20-18(23)16-7-4-10-24-16/h3-7,10-12,15,21H,8-9H2,1-2H3,(H,19,22)(H,20,23). The highest BCUT2D eigenvalue weighted by Crippen LogP contribution is 2.13. The van der Waals surface area contributed by atoms with Crippen LogP contribution in [-0.2, 0) is 0 Å². The summed E-state index contributed by atoms with van der Waals surface area (Å²) in [5.41, 5.74) is 0.942. The second kappa shape index (κ2) is 8.31. The fourth-order valence-electron chi connectivity index (χ4n) is 2.11. The van der Waals surface area contributed by atoms with Gasteiger partial charge in [-0.1, -0.05) is 19.9 Å². The molecule has 128 valence electrons. The summed E-state index contributed by atoms with van der Waals surface area (Å²) in [5, 5.41) is 15.2. The highest BCUT2D eigenvalue weighted by molar-refractivity contribution is 6.03. The highest BCUT2D eigenvalue weighted by atomic mass is 16.3. The van der Waals surface area contributed by atoms with Crippen LogP contribution in [-0.4, -0.2) is 29.6 Å². The molecular weight excluding hydrogens is 308 g/mol. The largest absolute Gasteiger partial charge is 0.459 e. The molecule has 0 bridgehead atoms. The molecule has 0 radical (unpaired) electrons. The number of aliphatic hydroxyl groups excluding tert-OH is 1. The van der Waals surface area contributed by atoms with E-state index >= 15 is 0 Å². The molecule has 0 fully saturated rings. The van der Waals surface area contributed by atoms with Crippen LogP contribution in [0.5, 0.6) is 0 Å². The van der Waals surface area contributed by atoms with E-state index < -0.39 is 6.10 Å². The van der Waals surface area contributed by atoms with Crippen molar-refractivity contribution in [3.8, 4) is 0 Å². The number of anilines is 1. The van der Waals surface area contributed by atoms with E-state index in [2.05, 4.69) is 10.6 Å². The lowest BCUT2D eigenvalue weighted by Gasteiger charge is -2.14. The van der Waals surface area contributed by atoms with Gasteiger partial charge in [-0.15, -0.1) is 0 Å². The molecule has 0 aliphatic rings. The summed E-state index contributed by atoms with van der Waals surface area (Å²) in [6.45, 7) is 4.25. The summed E-state index contributed by atoms with van der Waals surface area (Å²) in [5.74, 6) is -0.271. The minimum atomic E-state index is -0.441. The smallest absolute Gasteiger partial charge is 0.291 e. The lowest BCUT2D eigenvalue weighted by Crippen LogP contribution is -2.28. The van der Waals surface area contributed by atoms with E-state index in [1.165, 1.54) is 6.26 Å². The summed E-state index contributed by atoms with van der Waals surface area (Å²) in [6, 6.07) is 9.83. The number of aliphatic hydroxyl groups is 1. The van der Waals surface area contributed by atoms with Crippen LogP contribution < -0.4 is 10.6 Å². The van der Waals surface area contributed by atoms with Gasteiger partial charge in [0.2, 0.25) is 0 Å². The van der Waals surface area contributed by atoms with E-state index in [0.29, 0.717) is 24.2 Å². The third-order valence-corrected chi connectivity index (χ3v) is 3.62. The Hall–Kier alpha value is -2.60. The molecule has 0 aliphatic heterocycles. The van der Waals surface area contributed by atoms with Crippen molar-refractivity contribution in [2.75, 3.05) is 11.9 Å². The Labute approximate surface area is 140 Å². The van der Waals surface area contributed by atoms with Crippen molar-refractivity contribution in [1.82, 2.24) is 5.32 Å². The molecule has 6 nitrogen and oxygen atoms in total. The predicted molar refractivity (Wildman–Crippen MR) is 90.9 cm³/mol. The fraction of sp³-hybridized carbons (Fsp3) is 0.333. The first-order valence-electron chi connectivity index (χ1n) is 7.88. The van der Waals surface area contributed by atoms with Crippen molar-refractivity contribution in [2.45, 2.75) is 26.4 Å². The molecule has 1 heterocycles. The van der Waals surface area contributed by atoms with Crippen LogP contribution in [0.25, 0.3) is 0 Å². The zero-order valence-electron chi connectivity index (χ0n) is 13.8. The maximum atomic E-state index is 12.1. The molecule has 0 saturated carbocycles. The second-order valence-corrected chi connectivity index (χ2v) is 5.87. The molecule has 24 heavy (non-hydrogen) atoms. The van der Waals surface area contributed by atoms with Crippen molar-refractivity contribution in [3.05, 3.63) is 54.0 Å². The third kappa shape index (κ3) is 4.96. The van der Waals surface area contributed by atoms with Crippen LogP contribution in [0.2, 0.25) is 0 Å². The van der Waals surface area contributed by atoms with Crippen LogP contribution >= 0.6 is 0 Å². The molecule has 2 rings (SSSR count). The van der Waals surface area contributed by atoms with Crippen molar-refractivity contribution in [1.29, 1.82) is 0 Å². The monoisotopic (exact) mass is 330 g/mol. The highest BCUT2D eigenvalue weighted by Gasteiger charge is 2.12. The molecule has 2 amide bonds. The molecule has 6 heteroatoms. The van der Waals surface area contributed by atoms with Gasteiger partial charge in [-0.3, -0.25) is 9.59 Å². The third-order valence-electron chi connectivity index (χ3n) is 3.62. The van der Waals surface area contributed by atoms with Gasteiger partial charge in [0.15, 0.2) is 5.76 Å². The second-order valence-electron chi connectivity index (χ2n) is 5.87. The van der Waals surface area contributed by atoms with Gasteiger partial charge < -0.3 is 20.2 Å². The predicted octanol–water partition coefficient (Wildman–Crippen LogP) is 2.67. The van der Waals surface area contributed by atoms with Gasteiger partial charge in [0.1, 0.15) is 0 Å². The average molecular weight is 330 g/mol. The zero-order valence-corrected chi connectivity index (χ0v) is 13.8. The van der Waals surface area contributed by atoms with Crippen LogP contribution in [0.15, 0.2) is 47.1 Å². The topological polar surface area (TPSA) is 91.6 Å². The molecule has 1 atom stereocenters. The molecule has 1 aromatic heterocycles. The van der Waals surface area contributed by atoms with Gasteiger partial charge in [0.25, 0.3) is 11.8 Å². The summed E-state index contributed by atoms with van der Waals surface area (Å²) in [6.07, 6.45) is 1.48. The Morgan fingerprint density at radius 1 is 1.17 bits per heavy atom. The Kier molecular flexibility index (Phi) is 6.14. The van der Waals surface area contributed by atoms with Gasteiger partial charge in [0.05, 0.1) is 12.4 Å². The van der Waals surface area contributed by atoms with Gasteiger partial charge in [0, 0.05) is 17.8 Å². The molecule has 1 aromatic carbocycles. The number of hydrogen-bond donors (Lipinski definition) is 3.